The third-order valence-electron chi connectivity index (χ3n) is 4.27. The molecule has 7 nitrogen and oxygen atoms in total. The fraction of sp³-hybridized carbons (Fsp3) is 0.533. The number of hydrogen-bond donors (Lipinski definition) is 2. The predicted octanol–water partition coefficient (Wildman–Crippen LogP) is 1.40. The van der Waals surface area contributed by atoms with Crippen molar-refractivity contribution in [3.8, 4) is 0 Å². The Morgan fingerprint density at radius 1 is 1.54 bits per heavy atom. The molecule has 3 rings (SSSR count). The van der Waals surface area contributed by atoms with Crippen molar-refractivity contribution in [3.05, 3.63) is 18.6 Å². The Hall–Kier alpha value is -2.29. The second kappa shape index (κ2) is 7.08. The van der Waals surface area contributed by atoms with Crippen LogP contribution >= 0.6 is 0 Å². The number of aromatic nitrogens is 3. The Morgan fingerprint density at radius 3 is 3.17 bits per heavy atom. The summed E-state index contributed by atoms with van der Waals surface area (Å²) in [5.74, 6) is 0.126. The van der Waals surface area contributed by atoms with Crippen molar-refractivity contribution in [1.82, 2.24) is 25.3 Å². The highest BCUT2D eigenvalue weighted by molar-refractivity contribution is 5.87. The van der Waals surface area contributed by atoms with Gasteiger partial charge in [0.1, 0.15) is 12.0 Å². The molecule has 9 heteroatoms. The van der Waals surface area contributed by atoms with E-state index in [1.165, 1.54) is 6.33 Å². The SMILES string of the molecule is CN(c1ncnc2[nH]ccc12)N1CCCC(C(=O)NCC(F)F)C1. The number of rotatable bonds is 5. The molecule has 1 amide bonds. The van der Waals surface area contributed by atoms with E-state index in [9.17, 15) is 13.6 Å². The maximum Gasteiger partial charge on any atom is 0.255 e. The first-order valence-corrected chi connectivity index (χ1v) is 7.89. The molecule has 2 aromatic rings. The van der Waals surface area contributed by atoms with Crippen molar-refractivity contribution in [1.29, 1.82) is 0 Å². The van der Waals surface area contributed by atoms with Crippen LogP contribution in [-0.4, -0.2) is 59.0 Å². The maximum atomic E-state index is 12.3. The lowest BCUT2D eigenvalue weighted by molar-refractivity contribution is -0.127. The Labute approximate surface area is 138 Å². The van der Waals surface area contributed by atoms with Gasteiger partial charge in [0.25, 0.3) is 6.43 Å². The number of hydrazine groups is 1. The molecule has 3 heterocycles. The zero-order valence-corrected chi connectivity index (χ0v) is 13.4. The Kier molecular flexibility index (Phi) is 4.89. The average Bonchev–Trinajstić information content (AvgIpc) is 3.07. The van der Waals surface area contributed by atoms with Crippen molar-refractivity contribution in [2.75, 3.05) is 31.7 Å². The van der Waals surface area contributed by atoms with Crippen LogP contribution in [0.3, 0.4) is 0 Å². The van der Waals surface area contributed by atoms with Gasteiger partial charge in [0.2, 0.25) is 5.91 Å². The summed E-state index contributed by atoms with van der Waals surface area (Å²) in [6.07, 6.45) is 2.27. The summed E-state index contributed by atoms with van der Waals surface area (Å²) in [5, 5.41) is 7.13. The number of carbonyl (C=O) groups excluding carboxylic acids is 1. The molecule has 0 aliphatic carbocycles. The molecule has 0 saturated carbocycles. The quantitative estimate of drug-likeness (QED) is 0.862. The van der Waals surface area contributed by atoms with Gasteiger partial charge in [-0.15, -0.1) is 0 Å². The summed E-state index contributed by atoms with van der Waals surface area (Å²) in [6.45, 7) is 0.660. The highest BCUT2D eigenvalue weighted by Gasteiger charge is 2.29. The number of piperidine rings is 1. The number of carbonyl (C=O) groups is 1. The Balaban J connectivity index is 1.70. The van der Waals surface area contributed by atoms with Crippen molar-refractivity contribution < 1.29 is 13.6 Å². The Morgan fingerprint density at radius 2 is 2.38 bits per heavy atom. The van der Waals surface area contributed by atoms with E-state index in [0.717, 1.165) is 29.8 Å². The van der Waals surface area contributed by atoms with Crippen LogP contribution in [-0.2, 0) is 4.79 Å². The summed E-state index contributed by atoms with van der Waals surface area (Å²) < 4.78 is 24.5. The lowest BCUT2D eigenvalue weighted by Crippen LogP contribution is -2.50. The van der Waals surface area contributed by atoms with Crippen molar-refractivity contribution in [2.45, 2.75) is 19.3 Å². The van der Waals surface area contributed by atoms with Crippen molar-refractivity contribution >= 4 is 22.8 Å². The second-order valence-electron chi connectivity index (χ2n) is 5.85. The molecule has 1 fully saturated rings. The summed E-state index contributed by atoms with van der Waals surface area (Å²) in [6, 6.07) is 1.90. The lowest BCUT2D eigenvalue weighted by Gasteiger charge is -2.38. The maximum absolute atomic E-state index is 12.3. The highest BCUT2D eigenvalue weighted by atomic mass is 19.3. The standard InChI is InChI=1S/C15H20F2N6O/c1-22(14-11-4-5-18-13(11)20-9-21-14)23-6-2-3-10(8-23)15(24)19-7-12(16)17/h4-5,9-10,12H,2-3,6-8H2,1H3,(H,19,24)(H,18,20,21). The number of halogens is 2. The molecule has 0 spiro atoms. The third kappa shape index (κ3) is 3.45. The fourth-order valence-electron chi connectivity index (χ4n) is 3.02. The van der Waals surface area contributed by atoms with Crippen LogP contribution in [0.2, 0.25) is 0 Å². The van der Waals surface area contributed by atoms with Crippen LogP contribution in [0.5, 0.6) is 0 Å². The predicted molar refractivity (Wildman–Crippen MR) is 85.6 cm³/mol. The zero-order valence-electron chi connectivity index (χ0n) is 13.4. The summed E-state index contributed by atoms with van der Waals surface area (Å²) in [7, 11) is 1.88. The molecule has 0 radical (unpaired) electrons. The van der Waals surface area contributed by atoms with Gasteiger partial charge in [-0.05, 0) is 18.9 Å². The number of alkyl halides is 2. The van der Waals surface area contributed by atoms with Gasteiger partial charge in [0.15, 0.2) is 5.82 Å². The van der Waals surface area contributed by atoms with Gasteiger partial charge in [-0.25, -0.2) is 23.8 Å². The minimum Gasteiger partial charge on any atom is -0.350 e. The fourth-order valence-corrected chi connectivity index (χ4v) is 3.02. The molecule has 2 N–H and O–H groups in total. The number of nitrogens with one attached hydrogen (secondary N) is 2. The van der Waals surface area contributed by atoms with E-state index in [4.69, 9.17) is 0 Å². The van der Waals surface area contributed by atoms with Gasteiger partial charge >= 0.3 is 0 Å². The van der Waals surface area contributed by atoms with E-state index in [0.29, 0.717) is 13.0 Å². The normalized spacial score (nSPS) is 18.9. The number of amides is 1. The number of aromatic amines is 1. The lowest BCUT2D eigenvalue weighted by atomic mass is 9.98. The van der Waals surface area contributed by atoms with E-state index in [-0.39, 0.29) is 11.8 Å². The molecule has 0 bridgehead atoms. The molecule has 1 saturated heterocycles. The van der Waals surface area contributed by atoms with E-state index in [1.807, 2.05) is 23.1 Å². The van der Waals surface area contributed by atoms with Crippen LogP contribution < -0.4 is 10.3 Å². The molecule has 1 unspecified atom stereocenters. The number of fused-ring (bicyclic) bond motifs is 1. The molecule has 1 aliphatic heterocycles. The van der Waals surface area contributed by atoms with Gasteiger partial charge < -0.3 is 10.3 Å². The summed E-state index contributed by atoms with van der Waals surface area (Å²) >= 11 is 0. The first-order chi connectivity index (χ1) is 11.6. The molecule has 0 aromatic carbocycles. The number of nitrogens with zero attached hydrogens (tertiary/aromatic N) is 4. The highest BCUT2D eigenvalue weighted by Crippen LogP contribution is 2.25. The van der Waals surface area contributed by atoms with Gasteiger partial charge in [0.05, 0.1) is 17.8 Å². The van der Waals surface area contributed by atoms with Crippen LogP contribution in [0.15, 0.2) is 18.6 Å². The van der Waals surface area contributed by atoms with Crippen LogP contribution in [0.1, 0.15) is 12.8 Å². The third-order valence-corrected chi connectivity index (χ3v) is 4.27. The first-order valence-electron chi connectivity index (χ1n) is 7.89. The van der Waals surface area contributed by atoms with Gasteiger partial charge in [0, 0.05) is 26.3 Å². The minimum atomic E-state index is -2.53. The van der Waals surface area contributed by atoms with Gasteiger partial charge in [-0.1, -0.05) is 0 Å². The second-order valence-corrected chi connectivity index (χ2v) is 5.85. The smallest absolute Gasteiger partial charge is 0.255 e. The molecule has 24 heavy (non-hydrogen) atoms. The molecule has 1 atom stereocenters. The first kappa shape index (κ1) is 16.6. The largest absolute Gasteiger partial charge is 0.350 e. The van der Waals surface area contributed by atoms with Crippen molar-refractivity contribution in [2.24, 2.45) is 5.92 Å². The zero-order chi connectivity index (χ0) is 17.1. The number of hydrogen-bond acceptors (Lipinski definition) is 5. The summed E-state index contributed by atoms with van der Waals surface area (Å²) in [5.41, 5.74) is 0.745. The molecule has 1 aliphatic rings. The van der Waals surface area contributed by atoms with E-state index < -0.39 is 13.0 Å². The van der Waals surface area contributed by atoms with Gasteiger partial charge in [-0.2, -0.15) is 0 Å². The Bertz CT molecular complexity index is 706. The monoisotopic (exact) mass is 338 g/mol. The number of H-pyrrole nitrogens is 1. The molecule has 130 valence electrons. The van der Waals surface area contributed by atoms with Gasteiger partial charge in [-0.3, -0.25) is 9.80 Å². The molecular formula is C15H20F2N6O. The minimum absolute atomic E-state index is 0.302. The topological polar surface area (TPSA) is 77.2 Å². The van der Waals surface area contributed by atoms with Crippen molar-refractivity contribution in [3.63, 3.8) is 0 Å². The van der Waals surface area contributed by atoms with E-state index in [2.05, 4.69) is 20.3 Å². The van der Waals surface area contributed by atoms with E-state index in [1.54, 1.807) is 6.20 Å². The van der Waals surface area contributed by atoms with Crippen LogP contribution in [0.4, 0.5) is 14.6 Å². The van der Waals surface area contributed by atoms with E-state index >= 15 is 0 Å². The van der Waals surface area contributed by atoms with Crippen LogP contribution in [0.25, 0.3) is 11.0 Å². The average molecular weight is 338 g/mol. The van der Waals surface area contributed by atoms with Crippen LogP contribution in [0, 0.1) is 5.92 Å². The molecule has 2 aromatic heterocycles. The number of anilines is 1. The summed E-state index contributed by atoms with van der Waals surface area (Å²) in [4.78, 5) is 23.6. The molecular weight excluding hydrogens is 318 g/mol.